The molecule has 1 N–H and O–H groups in total. The number of urea groups is 1. The molecule has 0 unspecified atom stereocenters. The summed E-state index contributed by atoms with van der Waals surface area (Å²) in [6, 6.07) is 9.26. The van der Waals surface area contributed by atoms with Crippen molar-refractivity contribution in [3.8, 4) is 5.69 Å². The van der Waals surface area contributed by atoms with Gasteiger partial charge >= 0.3 is 6.03 Å². The molecular formula is C17H16N4O4. The SMILES string of the molecule is CCCN1C(=O)N/C(=C/c2cccn2-c2cccc([N+](=O)[O-])c2)C1=O. The van der Waals surface area contributed by atoms with Crippen LogP contribution in [0.2, 0.25) is 0 Å². The number of nitro groups is 1. The van der Waals surface area contributed by atoms with Crippen molar-refractivity contribution in [1.29, 1.82) is 0 Å². The Labute approximate surface area is 143 Å². The zero-order valence-corrected chi connectivity index (χ0v) is 13.5. The number of non-ortho nitro benzene ring substituents is 1. The standard InChI is InChI=1S/C17H16N4O4/c1-2-8-20-16(22)15(18-17(20)23)11-13-7-4-9-19(13)12-5-3-6-14(10-12)21(24)25/h3-7,9-11H,2,8H2,1H3,(H,18,23)/b15-11+. The van der Waals surface area contributed by atoms with Crippen LogP contribution >= 0.6 is 0 Å². The van der Waals surface area contributed by atoms with Crippen LogP contribution in [0.1, 0.15) is 19.0 Å². The summed E-state index contributed by atoms with van der Waals surface area (Å²) in [4.78, 5) is 35.8. The summed E-state index contributed by atoms with van der Waals surface area (Å²) in [5.74, 6) is -0.376. The molecule has 2 aromatic rings. The summed E-state index contributed by atoms with van der Waals surface area (Å²) in [6.45, 7) is 2.24. The Bertz CT molecular complexity index is 884. The Morgan fingerprint density at radius 3 is 2.76 bits per heavy atom. The molecule has 0 saturated carbocycles. The van der Waals surface area contributed by atoms with Gasteiger partial charge in [-0.3, -0.25) is 19.8 Å². The van der Waals surface area contributed by atoms with Crippen LogP contribution in [0.3, 0.4) is 0 Å². The van der Waals surface area contributed by atoms with Crippen molar-refractivity contribution >= 4 is 23.7 Å². The molecule has 1 aliphatic heterocycles. The number of hydrogen-bond acceptors (Lipinski definition) is 4. The minimum absolute atomic E-state index is 0.0239. The fourth-order valence-corrected chi connectivity index (χ4v) is 2.65. The van der Waals surface area contributed by atoms with E-state index >= 15 is 0 Å². The second-order valence-corrected chi connectivity index (χ2v) is 5.52. The van der Waals surface area contributed by atoms with Gasteiger partial charge in [-0.25, -0.2) is 4.79 Å². The quantitative estimate of drug-likeness (QED) is 0.391. The number of hydrogen-bond donors (Lipinski definition) is 1. The molecule has 0 radical (unpaired) electrons. The van der Waals surface area contributed by atoms with Crippen LogP contribution in [0.25, 0.3) is 11.8 Å². The number of carbonyl (C=O) groups is 2. The fraction of sp³-hybridized carbons (Fsp3) is 0.176. The van der Waals surface area contributed by atoms with E-state index in [0.29, 0.717) is 24.3 Å². The normalized spacial score (nSPS) is 15.7. The Balaban J connectivity index is 1.95. The van der Waals surface area contributed by atoms with E-state index in [1.807, 2.05) is 6.92 Å². The first-order valence-corrected chi connectivity index (χ1v) is 7.78. The van der Waals surface area contributed by atoms with E-state index in [9.17, 15) is 19.7 Å². The van der Waals surface area contributed by atoms with Gasteiger partial charge in [0.25, 0.3) is 11.6 Å². The molecule has 0 aliphatic carbocycles. The Morgan fingerprint density at radius 2 is 2.04 bits per heavy atom. The van der Waals surface area contributed by atoms with Gasteiger partial charge in [0.05, 0.1) is 10.6 Å². The highest BCUT2D eigenvalue weighted by Gasteiger charge is 2.32. The zero-order chi connectivity index (χ0) is 18.0. The van der Waals surface area contributed by atoms with Gasteiger partial charge in [0.15, 0.2) is 0 Å². The van der Waals surface area contributed by atoms with Gasteiger partial charge in [-0.15, -0.1) is 0 Å². The lowest BCUT2D eigenvalue weighted by Gasteiger charge is -2.09. The number of imide groups is 1. The summed E-state index contributed by atoms with van der Waals surface area (Å²) in [5, 5.41) is 13.5. The number of nitrogens with zero attached hydrogens (tertiary/aromatic N) is 3. The second-order valence-electron chi connectivity index (χ2n) is 5.52. The van der Waals surface area contributed by atoms with E-state index in [4.69, 9.17) is 0 Å². The van der Waals surface area contributed by atoms with E-state index in [2.05, 4.69) is 5.32 Å². The summed E-state index contributed by atoms with van der Waals surface area (Å²) < 4.78 is 1.71. The number of benzene rings is 1. The van der Waals surface area contributed by atoms with Crippen LogP contribution in [-0.2, 0) is 4.79 Å². The lowest BCUT2D eigenvalue weighted by Crippen LogP contribution is -2.31. The largest absolute Gasteiger partial charge is 0.329 e. The third-order valence-corrected chi connectivity index (χ3v) is 3.80. The van der Waals surface area contributed by atoms with Crippen LogP contribution in [0, 0.1) is 10.1 Å². The van der Waals surface area contributed by atoms with Crippen molar-refractivity contribution in [2.45, 2.75) is 13.3 Å². The number of amides is 3. The average Bonchev–Trinajstić information content (AvgIpc) is 3.16. The number of rotatable bonds is 5. The van der Waals surface area contributed by atoms with Crippen LogP contribution in [-0.4, -0.2) is 32.9 Å². The molecule has 1 aliphatic rings. The molecule has 25 heavy (non-hydrogen) atoms. The van der Waals surface area contributed by atoms with Crippen molar-refractivity contribution in [3.63, 3.8) is 0 Å². The average molecular weight is 340 g/mol. The maximum atomic E-state index is 12.3. The third-order valence-electron chi connectivity index (χ3n) is 3.80. The Morgan fingerprint density at radius 1 is 1.24 bits per heavy atom. The number of carbonyl (C=O) groups excluding carboxylic acids is 2. The van der Waals surface area contributed by atoms with Gasteiger partial charge in [-0.05, 0) is 30.7 Å². The Kier molecular flexibility index (Phi) is 4.34. The summed E-state index contributed by atoms with van der Waals surface area (Å²) in [6.07, 6.45) is 3.97. The molecule has 3 amide bonds. The molecule has 1 fully saturated rings. The molecule has 1 aromatic carbocycles. The lowest BCUT2D eigenvalue weighted by atomic mass is 10.2. The lowest BCUT2D eigenvalue weighted by molar-refractivity contribution is -0.384. The van der Waals surface area contributed by atoms with Crippen molar-refractivity contribution in [1.82, 2.24) is 14.8 Å². The maximum Gasteiger partial charge on any atom is 0.329 e. The van der Waals surface area contributed by atoms with Crippen molar-refractivity contribution in [2.75, 3.05) is 6.54 Å². The second kappa shape index (κ2) is 6.60. The van der Waals surface area contributed by atoms with Gasteiger partial charge in [0.2, 0.25) is 0 Å². The topological polar surface area (TPSA) is 97.5 Å². The Hall–Kier alpha value is -3.42. The predicted octanol–water partition coefficient (Wildman–Crippen LogP) is 2.69. The highest BCUT2D eigenvalue weighted by molar-refractivity contribution is 6.13. The summed E-state index contributed by atoms with van der Waals surface area (Å²) in [7, 11) is 0. The van der Waals surface area contributed by atoms with Crippen molar-refractivity contribution in [2.24, 2.45) is 0 Å². The molecule has 3 rings (SSSR count). The fourth-order valence-electron chi connectivity index (χ4n) is 2.65. The molecule has 0 spiro atoms. The van der Waals surface area contributed by atoms with Gasteiger partial charge < -0.3 is 9.88 Å². The summed E-state index contributed by atoms with van der Waals surface area (Å²) in [5.41, 5.74) is 1.38. The predicted molar refractivity (Wildman–Crippen MR) is 90.9 cm³/mol. The molecule has 0 atom stereocenters. The molecule has 128 valence electrons. The van der Waals surface area contributed by atoms with E-state index in [0.717, 1.165) is 4.90 Å². The van der Waals surface area contributed by atoms with E-state index in [-0.39, 0.29) is 17.3 Å². The first kappa shape index (κ1) is 16.4. The van der Waals surface area contributed by atoms with Crippen LogP contribution < -0.4 is 5.32 Å². The molecule has 8 heteroatoms. The molecule has 2 heterocycles. The smallest absolute Gasteiger partial charge is 0.317 e. The first-order valence-electron chi connectivity index (χ1n) is 7.78. The highest BCUT2D eigenvalue weighted by atomic mass is 16.6. The maximum absolute atomic E-state index is 12.3. The number of nitro benzene ring substituents is 1. The van der Waals surface area contributed by atoms with Gasteiger partial charge in [0.1, 0.15) is 5.70 Å². The van der Waals surface area contributed by atoms with Gasteiger partial charge in [-0.1, -0.05) is 13.0 Å². The molecule has 1 saturated heterocycles. The number of aromatic nitrogens is 1. The van der Waals surface area contributed by atoms with Gasteiger partial charge in [-0.2, -0.15) is 0 Å². The first-order chi connectivity index (χ1) is 12.0. The molecule has 8 nitrogen and oxygen atoms in total. The number of nitrogens with one attached hydrogen (secondary N) is 1. The van der Waals surface area contributed by atoms with Crippen LogP contribution in [0.4, 0.5) is 10.5 Å². The van der Waals surface area contributed by atoms with Crippen molar-refractivity contribution in [3.05, 3.63) is 64.1 Å². The van der Waals surface area contributed by atoms with E-state index in [1.165, 1.54) is 12.1 Å². The van der Waals surface area contributed by atoms with E-state index in [1.54, 1.807) is 41.1 Å². The minimum Gasteiger partial charge on any atom is -0.317 e. The molecular weight excluding hydrogens is 324 g/mol. The van der Waals surface area contributed by atoms with E-state index < -0.39 is 11.0 Å². The zero-order valence-electron chi connectivity index (χ0n) is 13.5. The third kappa shape index (κ3) is 3.14. The minimum atomic E-state index is -0.464. The highest BCUT2D eigenvalue weighted by Crippen LogP contribution is 2.21. The molecule has 0 bridgehead atoms. The molecule has 1 aromatic heterocycles. The van der Waals surface area contributed by atoms with Gasteiger partial charge in [0, 0.05) is 30.6 Å². The van der Waals surface area contributed by atoms with Crippen LogP contribution in [0.15, 0.2) is 48.3 Å². The van der Waals surface area contributed by atoms with Crippen LogP contribution in [0.5, 0.6) is 0 Å². The summed E-state index contributed by atoms with van der Waals surface area (Å²) >= 11 is 0. The van der Waals surface area contributed by atoms with Crippen molar-refractivity contribution < 1.29 is 14.5 Å². The monoisotopic (exact) mass is 340 g/mol.